The first-order valence-electron chi connectivity index (χ1n) is 1.55. The standard InChI is InChI=1S/C2H3BrCl.Na/c1-2(3)4;/h2H,1H2;. The number of halogens is 2. The molecule has 0 aromatic heterocycles. The predicted molar refractivity (Wildman–Crippen MR) is 29.1 cm³/mol. The van der Waals surface area contributed by atoms with Crippen LogP contribution in [-0.4, -0.2) is 32.2 Å². The molecule has 0 fully saturated rings. The molecule has 0 heterocycles. The van der Waals surface area contributed by atoms with Gasteiger partial charge in [0.25, 0.3) is 0 Å². The molecule has 0 radical (unpaired) electrons. The predicted octanol–water partition coefficient (Wildman–Crippen LogP) is 1.53. The van der Waals surface area contributed by atoms with Gasteiger partial charge in [-0.3, -0.25) is 0 Å². The number of hydrogen-bond donors (Lipinski definition) is 0. The van der Waals surface area contributed by atoms with E-state index in [1.165, 1.54) is 27.9 Å². The fraction of sp³-hybridized carbons (Fsp3) is 1.00. The fourth-order valence-electron chi connectivity index (χ4n) is 0. The van der Waals surface area contributed by atoms with E-state index >= 15 is 0 Å². The molecular formula is C2H3BrClNa. The van der Waals surface area contributed by atoms with Gasteiger partial charge in [0.15, 0.2) is 0 Å². The van der Waals surface area contributed by atoms with Crippen LogP contribution in [0.4, 0.5) is 0 Å². The van der Waals surface area contributed by atoms with Crippen LogP contribution in [0.2, 0.25) is 3.67 Å². The molecule has 26 valence electrons. The summed E-state index contributed by atoms with van der Waals surface area (Å²) in [6.45, 7) is 0. The Bertz CT molecular complexity index is 23.6. The van der Waals surface area contributed by atoms with E-state index in [4.69, 9.17) is 11.6 Å². The third-order valence-electron chi connectivity index (χ3n) is 0.309. The summed E-state index contributed by atoms with van der Waals surface area (Å²) < 4.78 is 1.36. The van der Waals surface area contributed by atoms with Crippen LogP contribution in [0.1, 0.15) is 0 Å². The Hall–Kier alpha value is 1.77. The van der Waals surface area contributed by atoms with Crippen molar-refractivity contribution in [2.75, 3.05) is 0 Å². The van der Waals surface area contributed by atoms with Crippen molar-refractivity contribution in [3.05, 3.63) is 0 Å². The van der Waals surface area contributed by atoms with E-state index < -0.39 is 0 Å². The molecule has 0 aliphatic carbocycles. The van der Waals surface area contributed by atoms with Gasteiger partial charge in [-0.1, -0.05) is 0 Å². The number of rotatable bonds is 1. The van der Waals surface area contributed by atoms with Crippen molar-refractivity contribution in [1.29, 1.82) is 0 Å². The molecule has 0 amide bonds. The van der Waals surface area contributed by atoms with Gasteiger partial charge in [0.2, 0.25) is 0 Å². The van der Waals surface area contributed by atoms with E-state index in [1.807, 2.05) is 0 Å². The fourth-order valence-corrected chi connectivity index (χ4v) is 0. The zero-order valence-electron chi connectivity index (χ0n) is 3.04. The number of hydrogen-bond acceptors (Lipinski definition) is 0. The molecule has 0 N–H and O–H groups in total. The Morgan fingerprint density at radius 3 is 2.20 bits per heavy atom. The van der Waals surface area contributed by atoms with Gasteiger partial charge in [0.1, 0.15) is 0 Å². The molecule has 0 spiro atoms. The SMILES string of the molecule is [Na][CH2]C(Cl)Br. The second-order valence-corrected chi connectivity index (χ2v) is 3.78. The molecule has 5 heavy (non-hydrogen) atoms. The van der Waals surface area contributed by atoms with E-state index in [-0.39, 0.29) is 4.29 Å². The summed E-state index contributed by atoms with van der Waals surface area (Å²) in [6, 6.07) is 0. The molecular weight excluding hydrogens is 162 g/mol. The van der Waals surface area contributed by atoms with Crippen LogP contribution in [0, 0.1) is 0 Å². The first-order valence-corrected chi connectivity index (χ1v) is 4.32. The van der Waals surface area contributed by atoms with Crippen LogP contribution in [0.25, 0.3) is 0 Å². The molecule has 1 unspecified atom stereocenters. The van der Waals surface area contributed by atoms with E-state index in [9.17, 15) is 0 Å². The second kappa shape index (κ2) is 3.94. The average Bonchev–Trinajstić information content (AvgIpc) is 1.38. The molecule has 1 atom stereocenters. The van der Waals surface area contributed by atoms with Crippen molar-refractivity contribution < 1.29 is 0 Å². The summed E-state index contributed by atoms with van der Waals surface area (Å²) in [5.74, 6) is 0. The maximum absolute atomic E-state index is 5.41. The van der Waals surface area contributed by atoms with Crippen LogP contribution in [0.15, 0.2) is 0 Å². The van der Waals surface area contributed by atoms with Gasteiger partial charge in [-0.15, -0.1) is 0 Å². The van der Waals surface area contributed by atoms with Gasteiger partial charge in [0.05, 0.1) is 0 Å². The van der Waals surface area contributed by atoms with Crippen LogP contribution in [-0.2, 0) is 0 Å². The summed E-state index contributed by atoms with van der Waals surface area (Å²) in [4.78, 5) is 0. The molecule has 0 aromatic rings. The molecule has 0 bridgehead atoms. The number of alkyl halides is 2. The van der Waals surface area contributed by atoms with E-state index in [1.54, 1.807) is 0 Å². The molecule has 0 nitrogen and oxygen atoms in total. The third-order valence-corrected chi connectivity index (χ3v) is 3.79. The third kappa shape index (κ3) is 5.77. The quantitative estimate of drug-likeness (QED) is 0.408. The first kappa shape index (κ1) is 6.77. The summed E-state index contributed by atoms with van der Waals surface area (Å²) >= 11 is 9.78. The average molecular weight is 165 g/mol. The summed E-state index contributed by atoms with van der Waals surface area (Å²) in [5, 5.41) is 0. The van der Waals surface area contributed by atoms with Crippen molar-refractivity contribution >= 4 is 55.5 Å². The normalized spacial score (nSPS) is 15.2. The van der Waals surface area contributed by atoms with Crippen molar-refractivity contribution in [3.8, 4) is 0 Å². The zero-order chi connectivity index (χ0) is 4.28. The van der Waals surface area contributed by atoms with Crippen molar-refractivity contribution in [2.45, 2.75) is 7.96 Å². The Morgan fingerprint density at radius 2 is 2.20 bits per heavy atom. The first-order chi connectivity index (χ1) is 2.27. The zero-order valence-corrected chi connectivity index (χ0v) is 7.38. The Kier molecular flexibility index (Phi) is 5.34. The Morgan fingerprint density at radius 1 is 2.00 bits per heavy atom. The second-order valence-electron chi connectivity index (χ2n) is 0.799. The molecule has 0 saturated carbocycles. The molecule has 0 aliphatic heterocycles. The molecule has 0 aromatic carbocycles. The van der Waals surface area contributed by atoms with Gasteiger partial charge >= 0.3 is 63.4 Å². The van der Waals surface area contributed by atoms with Crippen LogP contribution in [0.5, 0.6) is 0 Å². The minimum absolute atomic E-state index is 0.231. The summed E-state index contributed by atoms with van der Waals surface area (Å²) in [5.41, 5.74) is 0. The van der Waals surface area contributed by atoms with Gasteiger partial charge in [0, 0.05) is 0 Å². The van der Waals surface area contributed by atoms with Gasteiger partial charge in [-0.2, -0.15) is 0 Å². The Balaban J connectivity index is 2.54. The van der Waals surface area contributed by atoms with Gasteiger partial charge < -0.3 is 0 Å². The Labute approximate surface area is 62.8 Å². The molecule has 3 heteroatoms. The van der Waals surface area contributed by atoms with Gasteiger partial charge in [-0.05, 0) is 0 Å². The maximum atomic E-state index is 5.41. The van der Waals surface area contributed by atoms with Gasteiger partial charge in [-0.25, -0.2) is 0 Å². The minimum atomic E-state index is 0.231. The monoisotopic (exact) mass is 164 g/mol. The summed E-state index contributed by atoms with van der Waals surface area (Å²) in [6.07, 6.45) is 0. The van der Waals surface area contributed by atoms with Crippen molar-refractivity contribution in [2.24, 2.45) is 0 Å². The molecule has 0 rings (SSSR count). The van der Waals surface area contributed by atoms with Crippen molar-refractivity contribution in [1.82, 2.24) is 0 Å². The van der Waals surface area contributed by atoms with Crippen LogP contribution in [0.3, 0.4) is 0 Å². The van der Waals surface area contributed by atoms with E-state index in [0.29, 0.717) is 0 Å². The topological polar surface area (TPSA) is 0 Å². The molecule has 0 aliphatic rings. The van der Waals surface area contributed by atoms with E-state index in [2.05, 4.69) is 15.9 Å². The van der Waals surface area contributed by atoms with Crippen molar-refractivity contribution in [3.63, 3.8) is 0 Å². The molecule has 0 saturated heterocycles. The van der Waals surface area contributed by atoms with E-state index in [0.717, 1.165) is 3.67 Å². The summed E-state index contributed by atoms with van der Waals surface area (Å²) in [7, 11) is 0. The van der Waals surface area contributed by atoms with Crippen LogP contribution >= 0.6 is 27.5 Å². The van der Waals surface area contributed by atoms with Crippen LogP contribution < -0.4 is 0 Å².